The molecule has 1 saturated heterocycles. The SMILES string of the molecule is C[C@H]1CN(c2ccc(C(F)(F)F)cc2N)C[C@H](C)O1. The molecule has 6 heteroatoms. The Labute approximate surface area is 110 Å². The van der Waals surface area contributed by atoms with Gasteiger partial charge >= 0.3 is 6.18 Å². The first-order valence-electron chi connectivity index (χ1n) is 6.14. The molecule has 0 aromatic heterocycles. The third-order valence-electron chi connectivity index (χ3n) is 3.12. The van der Waals surface area contributed by atoms with E-state index in [0.717, 1.165) is 12.1 Å². The highest BCUT2D eigenvalue weighted by Crippen LogP contribution is 2.34. The molecule has 0 spiro atoms. The molecule has 106 valence electrons. The van der Waals surface area contributed by atoms with Gasteiger partial charge in [-0.1, -0.05) is 0 Å². The van der Waals surface area contributed by atoms with E-state index in [1.165, 1.54) is 6.07 Å². The number of nitrogens with zero attached hydrogens (tertiary/aromatic N) is 1. The number of alkyl halides is 3. The van der Waals surface area contributed by atoms with Crippen LogP contribution in [0.1, 0.15) is 19.4 Å². The van der Waals surface area contributed by atoms with Gasteiger partial charge in [0, 0.05) is 13.1 Å². The quantitative estimate of drug-likeness (QED) is 0.800. The lowest BCUT2D eigenvalue weighted by atomic mass is 10.1. The first kappa shape index (κ1) is 14.0. The summed E-state index contributed by atoms with van der Waals surface area (Å²) in [5, 5.41) is 0. The molecule has 2 N–H and O–H groups in total. The molecule has 2 atom stereocenters. The van der Waals surface area contributed by atoms with Gasteiger partial charge in [-0.3, -0.25) is 0 Å². The Kier molecular flexibility index (Phi) is 3.62. The van der Waals surface area contributed by atoms with Crippen molar-refractivity contribution in [3.8, 4) is 0 Å². The fraction of sp³-hybridized carbons (Fsp3) is 0.538. The molecular weight excluding hydrogens is 257 g/mol. The van der Waals surface area contributed by atoms with E-state index in [0.29, 0.717) is 18.8 Å². The summed E-state index contributed by atoms with van der Waals surface area (Å²) >= 11 is 0. The van der Waals surface area contributed by atoms with Gasteiger partial charge in [0.1, 0.15) is 0 Å². The van der Waals surface area contributed by atoms with Crippen LogP contribution in [0.3, 0.4) is 0 Å². The minimum absolute atomic E-state index is 0.0328. The van der Waals surface area contributed by atoms with E-state index < -0.39 is 11.7 Å². The lowest BCUT2D eigenvalue weighted by Gasteiger charge is -2.37. The fourth-order valence-electron chi connectivity index (χ4n) is 2.39. The maximum atomic E-state index is 12.6. The summed E-state index contributed by atoms with van der Waals surface area (Å²) in [5.41, 5.74) is 5.82. The van der Waals surface area contributed by atoms with Crippen LogP contribution in [0.2, 0.25) is 0 Å². The second-order valence-corrected chi connectivity index (χ2v) is 4.93. The molecule has 0 bridgehead atoms. The monoisotopic (exact) mass is 274 g/mol. The van der Waals surface area contributed by atoms with Crippen LogP contribution < -0.4 is 10.6 Å². The van der Waals surface area contributed by atoms with E-state index in [4.69, 9.17) is 10.5 Å². The van der Waals surface area contributed by atoms with Crippen molar-refractivity contribution in [1.29, 1.82) is 0 Å². The van der Waals surface area contributed by atoms with Gasteiger partial charge in [-0.25, -0.2) is 0 Å². The number of benzene rings is 1. The minimum Gasteiger partial charge on any atom is -0.397 e. The van der Waals surface area contributed by atoms with Gasteiger partial charge in [-0.15, -0.1) is 0 Å². The second-order valence-electron chi connectivity index (χ2n) is 4.93. The number of morpholine rings is 1. The highest BCUT2D eigenvalue weighted by molar-refractivity contribution is 5.69. The van der Waals surface area contributed by atoms with Gasteiger partial charge in [0.25, 0.3) is 0 Å². The van der Waals surface area contributed by atoms with Crippen LogP contribution in [0, 0.1) is 0 Å². The zero-order valence-electron chi connectivity index (χ0n) is 10.9. The Morgan fingerprint density at radius 3 is 2.26 bits per heavy atom. The average Bonchev–Trinajstić information content (AvgIpc) is 2.26. The molecule has 0 aliphatic carbocycles. The zero-order chi connectivity index (χ0) is 14.2. The highest BCUT2D eigenvalue weighted by Gasteiger charge is 2.31. The Bertz CT molecular complexity index is 452. The van der Waals surface area contributed by atoms with Crippen LogP contribution in [0.25, 0.3) is 0 Å². The summed E-state index contributed by atoms with van der Waals surface area (Å²) in [7, 11) is 0. The van der Waals surface area contributed by atoms with Gasteiger partial charge in [-0.2, -0.15) is 13.2 Å². The second kappa shape index (κ2) is 4.92. The topological polar surface area (TPSA) is 38.5 Å². The standard InChI is InChI=1S/C13H17F3N2O/c1-8-6-18(7-9(2)19-8)12-4-3-10(5-11(12)17)13(14,15)16/h3-5,8-9H,6-7,17H2,1-2H3/t8-,9-/m0/s1. The minimum atomic E-state index is -4.36. The number of nitrogens with two attached hydrogens (primary N) is 1. The first-order valence-corrected chi connectivity index (χ1v) is 6.14. The zero-order valence-corrected chi connectivity index (χ0v) is 10.9. The number of rotatable bonds is 1. The molecule has 0 radical (unpaired) electrons. The number of hydrogen-bond donors (Lipinski definition) is 1. The smallest absolute Gasteiger partial charge is 0.397 e. The Hall–Kier alpha value is -1.43. The van der Waals surface area contributed by atoms with Crippen molar-refractivity contribution < 1.29 is 17.9 Å². The molecule has 0 unspecified atom stereocenters. The molecule has 2 rings (SSSR count). The number of halogens is 3. The van der Waals surface area contributed by atoms with Crippen molar-refractivity contribution in [2.45, 2.75) is 32.2 Å². The van der Waals surface area contributed by atoms with Crippen molar-refractivity contribution in [2.24, 2.45) is 0 Å². The maximum Gasteiger partial charge on any atom is 0.416 e. The van der Waals surface area contributed by atoms with Crippen molar-refractivity contribution in [3.05, 3.63) is 23.8 Å². The van der Waals surface area contributed by atoms with Crippen LogP contribution in [0.4, 0.5) is 24.5 Å². The lowest BCUT2D eigenvalue weighted by molar-refractivity contribution is -0.137. The van der Waals surface area contributed by atoms with Crippen LogP contribution in [0.15, 0.2) is 18.2 Å². The molecule has 19 heavy (non-hydrogen) atoms. The van der Waals surface area contributed by atoms with Crippen molar-refractivity contribution in [1.82, 2.24) is 0 Å². The van der Waals surface area contributed by atoms with Crippen LogP contribution in [0.5, 0.6) is 0 Å². The first-order chi connectivity index (χ1) is 8.77. The van der Waals surface area contributed by atoms with Crippen LogP contribution in [-0.4, -0.2) is 25.3 Å². The molecule has 1 aliphatic rings. The molecule has 1 aliphatic heterocycles. The molecule has 1 aromatic rings. The molecule has 0 saturated carbocycles. The van der Waals surface area contributed by atoms with E-state index in [-0.39, 0.29) is 17.9 Å². The van der Waals surface area contributed by atoms with Gasteiger partial charge < -0.3 is 15.4 Å². The van der Waals surface area contributed by atoms with Gasteiger partial charge in [-0.05, 0) is 32.0 Å². The van der Waals surface area contributed by atoms with E-state index in [1.807, 2.05) is 18.7 Å². The van der Waals surface area contributed by atoms with Gasteiger partial charge in [0.15, 0.2) is 0 Å². The molecule has 3 nitrogen and oxygen atoms in total. The normalized spacial score (nSPS) is 24.6. The van der Waals surface area contributed by atoms with Gasteiger partial charge in [0.2, 0.25) is 0 Å². The number of hydrogen-bond acceptors (Lipinski definition) is 3. The molecular formula is C13H17F3N2O. The summed E-state index contributed by atoms with van der Waals surface area (Å²) in [6, 6.07) is 3.49. The van der Waals surface area contributed by atoms with Crippen molar-refractivity contribution >= 4 is 11.4 Å². The van der Waals surface area contributed by atoms with Gasteiger partial charge in [0.05, 0.1) is 29.1 Å². The predicted molar refractivity (Wildman–Crippen MR) is 68.1 cm³/mol. The summed E-state index contributed by atoms with van der Waals surface area (Å²) in [5.74, 6) is 0. The molecule has 0 amide bonds. The Morgan fingerprint density at radius 2 is 1.79 bits per heavy atom. The highest BCUT2D eigenvalue weighted by atomic mass is 19.4. The predicted octanol–water partition coefficient (Wildman–Crippen LogP) is 2.90. The molecule has 1 aromatic carbocycles. The number of ether oxygens (including phenoxy) is 1. The average molecular weight is 274 g/mol. The third kappa shape index (κ3) is 3.12. The largest absolute Gasteiger partial charge is 0.416 e. The fourth-order valence-corrected chi connectivity index (χ4v) is 2.39. The van der Waals surface area contributed by atoms with Crippen molar-refractivity contribution in [3.63, 3.8) is 0 Å². The summed E-state index contributed by atoms with van der Waals surface area (Å²) < 4.78 is 43.3. The number of nitrogen functional groups attached to an aromatic ring is 1. The van der Waals surface area contributed by atoms with Crippen LogP contribution in [-0.2, 0) is 10.9 Å². The maximum absolute atomic E-state index is 12.6. The summed E-state index contributed by atoms with van der Waals surface area (Å²) in [4.78, 5) is 1.97. The van der Waals surface area contributed by atoms with Crippen molar-refractivity contribution in [2.75, 3.05) is 23.7 Å². The van der Waals surface area contributed by atoms with E-state index in [9.17, 15) is 13.2 Å². The third-order valence-corrected chi connectivity index (χ3v) is 3.12. The van der Waals surface area contributed by atoms with E-state index in [1.54, 1.807) is 0 Å². The summed E-state index contributed by atoms with van der Waals surface area (Å²) in [6.45, 7) is 5.12. The van der Waals surface area contributed by atoms with E-state index >= 15 is 0 Å². The van der Waals surface area contributed by atoms with Crippen LogP contribution >= 0.6 is 0 Å². The number of anilines is 2. The molecule has 1 fully saturated rings. The Balaban J connectivity index is 2.26. The Morgan fingerprint density at radius 1 is 1.21 bits per heavy atom. The molecule has 1 heterocycles. The summed E-state index contributed by atoms with van der Waals surface area (Å²) in [6.07, 6.45) is -4.30. The lowest BCUT2D eigenvalue weighted by Crippen LogP contribution is -2.45. The van der Waals surface area contributed by atoms with E-state index in [2.05, 4.69) is 0 Å².